The molecule has 0 bridgehead atoms. The maximum Gasteiger partial charge on any atom is 0.231 e. The molecule has 2 heterocycles. The van der Waals surface area contributed by atoms with Crippen LogP contribution in [-0.4, -0.2) is 23.2 Å². The Bertz CT molecular complexity index is 576. The van der Waals surface area contributed by atoms with Gasteiger partial charge in [-0.15, -0.1) is 0 Å². The molecule has 0 saturated carbocycles. The van der Waals surface area contributed by atoms with E-state index in [1.165, 1.54) is 6.07 Å². The van der Waals surface area contributed by atoms with Crippen molar-refractivity contribution in [2.45, 2.75) is 25.2 Å². The van der Waals surface area contributed by atoms with Crippen LogP contribution in [0, 0.1) is 5.82 Å². The van der Waals surface area contributed by atoms with Gasteiger partial charge in [-0.1, -0.05) is 22.8 Å². The second-order valence-electron chi connectivity index (χ2n) is 4.97. The number of rotatable bonds is 3. The molecule has 1 aromatic heterocycles. The predicted molar refractivity (Wildman–Crippen MR) is 73.4 cm³/mol. The minimum Gasteiger partial charge on any atom is -0.339 e. The van der Waals surface area contributed by atoms with Crippen molar-refractivity contribution < 1.29 is 8.91 Å². The molecule has 3 rings (SSSR count). The van der Waals surface area contributed by atoms with Crippen molar-refractivity contribution in [1.82, 2.24) is 15.5 Å². The summed E-state index contributed by atoms with van der Waals surface area (Å²) < 4.78 is 19.0. The maximum atomic E-state index is 13.7. The number of benzene rings is 1. The van der Waals surface area contributed by atoms with Crippen molar-refractivity contribution in [3.8, 4) is 0 Å². The number of hydrogen-bond donors (Lipinski definition) is 1. The van der Waals surface area contributed by atoms with Crippen molar-refractivity contribution >= 4 is 11.6 Å². The van der Waals surface area contributed by atoms with Crippen LogP contribution >= 0.6 is 11.6 Å². The molecule has 0 radical (unpaired) electrons. The van der Waals surface area contributed by atoms with Crippen LogP contribution in [0.3, 0.4) is 0 Å². The summed E-state index contributed by atoms with van der Waals surface area (Å²) in [5.41, 5.74) is 0.406. The Kier molecular flexibility index (Phi) is 3.98. The van der Waals surface area contributed by atoms with Gasteiger partial charge in [0.1, 0.15) is 5.82 Å². The maximum absolute atomic E-state index is 13.7. The van der Waals surface area contributed by atoms with Gasteiger partial charge in [-0.3, -0.25) is 0 Å². The number of nitrogens with zero attached hydrogens (tertiary/aromatic N) is 2. The SMILES string of the molecule is Fc1cccc(Cl)c1Cc1noc([C@H]2CCCNC2)n1. The summed E-state index contributed by atoms with van der Waals surface area (Å²) in [7, 11) is 0. The van der Waals surface area contributed by atoms with E-state index in [2.05, 4.69) is 15.5 Å². The molecule has 1 fully saturated rings. The van der Waals surface area contributed by atoms with Crippen LogP contribution in [0.4, 0.5) is 4.39 Å². The summed E-state index contributed by atoms with van der Waals surface area (Å²) >= 11 is 6.00. The first-order valence-electron chi connectivity index (χ1n) is 6.70. The van der Waals surface area contributed by atoms with Gasteiger partial charge < -0.3 is 9.84 Å². The van der Waals surface area contributed by atoms with Gasteiger partial charge in [0.15, 0.2) is 5.82 Å². The Morgan fingerprint density at radius 1 is 1.45 bits per heavy atom. The van der Waals surface area contributed by atoms with E-state index in [0.29, 0.717) is 22.3 Å². The lowest BCUT2D eigenvalue weighted by Crippen LogP contribution is -2.28. The van der Waals surface area contributed by atoms with Gasteiger partial charge in [-0.25, -0.2) is 4.39 Å². The average Bonchev–Trinajstić information content (AvgIpc) is 2.93. The summed E-state index contributed by atoms with van der Waals surface area (Å²) in [6.45, 7) is 1.88. The van der Waals surface area contributed by atoms with E-state index >= 15 is 0 Å². The first-order chi connectivity index (χ1) is 9.74. The minimum absolute atomic E-state index is 0.245. The van der Waals surface area contributed by atoms with E-state index in [0.717, 1.165) is 25.9 Å². The highest BCUT2D eigenvalue weighted by Crippen LogP contribution is 2.24. The van der Waals surface area contributed by atoms with Gasteiger partial charge >= 0.3 is 0 Å². The van der Waals surface area contributed by atoms with E-state index in [1.54, 1.807) is 12.1 Å². The topological polar surface area (TPSA) is 51.0 Å². The van der Waals surface area contributed by atoms with Crippen LogP contribution in [0.1, 0.15) is 36.0 Å². The van der Waals surface area contributed by atoms with Crippen molar-refractivity contribution in [2.24, 2.45) is 0 Å². The zero-order valence-corrected chi connectivity index (χ0v) is 11.7. The second-order valence-corrected chi connectivity index (χ2v) is 5.38. The van der Waals surface area contributed by atoms with E-state index in [9.17, 15) is 4.39 Å². The summed E-state index contributed by atoms with van der Waals surface area (Å²) in [6, 6.07) is 4.62. The molecule has 1 aromatic carbocycles. The molecule has 1 N–H and O–H groups in total. The number of hydrogen-bond acceptors (Lipinski definition) is 4. The molecule has 0 aliphatic carbocycles. The third-order valence-corrected chi connectivity index (χ3v) is 3.88. The molecule has 0 unspecified atom stereocenters. The average molecular weight is 296 g/mol. The quantitative estimate of drug-likeness (QED) is 0.946. The molecule has 6 heteroatoms. The first-order valence-corrected chi connectivity index (χ1v) is 7.08. The minimum atomic E-state index is -0.344. The number of halogens is 2. The smallest absolute Gasteiger partial charge is 0.231 e. The largest absolute Gasteiger partial charge is 0.339 e. The molecular formula is C14H15ClFN3O. The highest BCUT2D eigenvalue weighted by molar-refractivity contribution is 6.31. The van der Waals surface area contributed by atoms with E-state index in [-0.39, 0.29) is 18.2 Å². The summed E-state index contributed by atoms with van der Waals surface area (Å²) in [6.07, 6.45) is 2.38. The van der Waals surface area contributed by atoms with Gasteiger partial charge in [-0.05, 0) is 31.5 Å². The van der Waals surface area contributed by atoms with E-state index < -0.39 is 0 Å². The van der Waals surface area contributed by atoms with Crippen molar-refractivity contribution in [1.29, 1.82) is 0 Å². The molecule has 20 heavy (non-hydrogen) atoms. The molecule has 1 saturated heterocycles. The molecule has 1 aliphatic rings. The molecule has 0 spiro atoms. The molecule has 1 aliphatic heterocycles. The molecule has 2 aromatic rings. The van der Waals surface area contributed by atoms with Crippen molar-refractivity contribution in [2.75, 3.05) is 13.1 Å². The van der Waals surface area contributed by atoms with Crippen molar-refractivity contribution in [3.63, 3.8) is 0 Å². The van der Waals surface area contributed by atoms with Crippen LogP contribution in [0.5, 0.6) is 0 Å². The van der Waals surface area contributed by atoms with E-state index in [4.69, 9.17) is 16.1 Å². The molecule has 0 amide bonds. The molecular weight excluding hydrogens is 281 g/mol. The Labute approximate surface area is 121 Å². The fraction of sp³-hybridized carbons (Fsp3) is 0.429. The summed E-state index contributed by atoms with van der Waals surface area (Å²) in [5, 5.41) is 7.62. The van der Waals surface area contributed by atoms with E-state index in [1.807, 2.05) is 0 Å². The van der Waals surface area contributed by atoms with Gasteiger partial charge in [0, 0.05) is 23.6 Å². The fourth-order valence-corrected chi connectivity index (χ4v) is 2.66. The lowest BCUT2D eigenvalue weighted by molar-refractivity contribution is 0.320. The zero-order valence-electron chi connectivity index (χ0n) is 10.9. The van der Waals surface area contributed by atoms with Crippen LogP contribution in [0.2, 0.25) is 5.02 Å². The Morgan fingerprint density at radius 2 is 2.35 bits per heavy atom. The van der Waals surface area contributed by atoms with Crippen LogP contribution in [0.25, 0.3) is 0 Å². The first kappa shape index (κ1) is 13.5. The number of piperidine rings is 1. The monoisotopic (exact) mass is 295 g/mol. The van der Waals surface area contributed by atoms with Gasteiger partial charge in [0.25, 0.3) is 0 Å². The summed E-state index contributed by atoms with van der Waals surface area (Å²) in [4.78, 5) is 4.37. The molecule has 1 atom stereocenters. The lowest BCUT2D eigenvalue weighted by Gasteiger charge is -2.18. The van der Waals surface area contributed by atoms with Gasteiger partial charge in [0.2, 0.25) is 5.89 Å². The third-order valence-electron chi connectivity index (χ3n) is 3.53. The van der Waals surface area contributed by atoms with Crippen LogP contribution in [-0.2, 0) is 6.42 Å². The van der Waals surface area contributed by atoms with Crippen LogP contribution in [0.15, 0.2) is 22.7 Å². The highest BCUT2D eigenvalue weighted by Gasteiger charge is 2.22. The molecule has 106 valence electrons. The number of nitrogens with one attached hydrogen (secondary N) is 1. The Morgan fingerprint density at radius 3 is 3.10 bits per heavy atom. The lowest BCUT2D eigenvalue weighted by atomic mass is 10.00. The van der Waals surface area contributed by atoms with Gasteiger partial charge in [0.05, 0.1) is 5.92 Å². The van der Waals surface area contributed by atoms with Crippen molar-refractivity contribution in [3.05, 3.63) is 46.3 Å². The fourth-order valence-electron chi connectivity index (χ4n) is 2.43. The van der Waals surface area contributed by atoms with Crippen LogP contribution < -0.4 is 5.32 Å². The standard InChI is InChI=1S/C14H15ClFN3O/c15-11-4-1-5-12(16)10(11)7-13-18-14(20-19-13)9-3-2-6-17-8-9/h1,4-5,9,17H,2-3,6-8H2/t9-/m0/s1. The predicted octanol–water partition coefficient (Wildman–Crippen LogP) is 2.92. The Balaban J connectivity index is 1.77. The Hall–Kier alpha value is -1.46. The highest BCUT2D eigenvalue weighted by atomic mass is 35.5. The third kappa shape index (κ3) is 2.83. The molecule has 4 nitrogen and oxygen atoms in total. The normalized spacial score (nSPS) is 19.2. The summed E-state index contributed by atoms with van der Waals surface area (Å²) in [5.74, 6) is 1.00. The zero-order chi connectivity index (χ0) is 13.9. The number of aromatic nitrogens is 2. The second kappa shape index (κ2) is 5.89. The van der Waals surface area contributed by atoms with Gasteiger partial charge in [-0.2, -0.15) is 4.98 Å².